The van der Waals surface area contributed by atoms with Gasteiger partial charge in [0.25, 0.3) is 11.8 Å². The molecule has 2 N–H and O–H groups in total. The van der Waals surface area contributed by atoms with Gasteiger partial charge in [-0.15, -0.1) is 0 Å². The minimum absolute atomic E-state index is 0.00901. The molecule has 148 valence electrons. The number of nitrogens with one attached hydrogen (secondary N) is 2. The van der Waals surface area contributed by atoms with Crippen molar-refractivity contribution in [3.8, 4) is 0 Å². The van der Waals surface area contributed by atoms with Crippen LogP contribution in [0.25, 0.3) is 0 Å². The zero-order valence-corrected chi connectivity index (χ0v) is 17.8. The van der Waals surface area contributed by atoms with E-state index in [1.807, 2.05) is 37.3 Å². The lowest BCUT2D eigenvalue weighted by atomic mass is 10.1. The number of carbonyl (C=O) groups is 2. The Morgan fingerprint density at radius 1 is 0.828 bits per heavy atom. The smallest absolute Gasteiger partial charge is 0.256 e. The molecule has 0 fully saturated rings. The number of para-hydroxylation sites is 1. The van der Waals surface area contributed by atoms with E-state index in [-0.39, 0.29) is 17.9 Å². The third kappa shape index (κ3) is 5.78. The predicted molar refractivity (Wildman–Crippen MR) is 120 cm³/mol. The maximum absolute atomic E-state index is 12.8. The van der Waals surface area contributed by atoms with Crippen molar-refractivity contribution in [1.29, 1.82) is 0 Å². The highest BCUT2D eigenvalue weighted by atomic mass is 79.9. The standard InChI is InChI=1S/C24H23BrN2O2/c1-17(15-16-18-9-3-2-4-10-18)26-24(29)20-12-6-8-14-22(20)27-23(28)19-11-5-7-13-21(19)25/h2-14,17H,15-16H2,1H3,(H,26,29)(H,27,28). The van der Waals surface area contributed by atoms with Crippen molar-refractivity contribution in [3.05, 3.63) is 100 Å². The molecule has 0 radical (unpaired) electrons. The summed E-state index contributed by atoms with van der Waals surface area (Å²) in [7, 11) is 0. The fraction of sp³-hybridized carbons (Fsp3) is 0.167. The third-order valence-electron chi connectivity index (χ3n) is 4.62. The third-order valence-corrected chi connectivity index (χ3v) is 5.32. The monoisotopic (exact) mass is 450 g/mol. The number of carbonyl (C=O) groups excluding carboxylic acids is 2. The second-order valence-electron chi connectivity index (χ2n) is 6.88. The van der Waals surface area contributed by atoms with E-state index in [0.29, 0.717) is 21.3 Å². The largest absolute Gasteiger partial charge is 0.350 e. The lowest BCUT2D eigenvalue weighted by molar-refractivity contribution is 0.0939. The van der Waals surface area contributed by atoms with Gasteiger partial charge in [0.15, 0.2) is 0 Å². The number of aryl methyl sites for hydroxylation is 1. The molecule has 0 aliphatic carbocycles. The summed E-state index contributed by atoms with van der Waals surface area (Å²) in [6.07, 6.45) is 1.73. The Hall–Kier alpha value is -2.92. The fourth-order valence-electron chi connectivity index (χ4n) is 3.03. The first-order valence-corrected chi connectivity index (χ1v) is 10.3. The van der Waals surface area contributed by atoms with Crippen LogP contribution in [0, 0.1) is 0 Å². The first-order chi connectivity index (χ1) is 14.0. The SMILES string of the molecule is CC(CCc1ccccc1)NC(=O)c1ccccc1NC(=O)c1ccccc1Br. The van der Waals surface area contributed by atoms with Crippen LogP contribution < -0.4 is 10.6 Å². The number of rotatable bonds is 7. The van der Waals surface area contributed by atoms with Crippen molar-refractivity contribution < 1.29 is 9.59 Å². The van der Waals surface area contributed by atoms with E-state index in [0.717, 1.165) is 12.8 Å². The summed E-state index contributed by atoms with van der Waals surface area (Å²) in [5, 5.41) is 5.88. The van der Waals surface area contributed by atoms with Crippen LogP contribution in [0.4, 0.5) is 5.69 Å². The average Bonchev–Trinajstić information content (AvgIpc) is 2.73. The summed E-state index contributed by atoms with van der Waals surface area (Å²) in [5.74, 6) is -0.469. The second kappa shape index (κ2) is 10.0. The highest BCUT2D eigenvalue weighted by molar-refractivity contribution is 9.10. The van der Waals surface area contributed by atoms with Crippen molar-refractivity contribution in [2.24, 2.45) is 0 Å². The zero-order chi connectivity index (χ0) is 20.6. The molecule has 0 spiro atoms. The molecular formula is C24H23BrN2O2. The molecule has 5 heteroatoms. The average molecular weight is 451 g/mol. The summed E-state index contributed by atoms with van der Waals surface area (Å²) in [4.78, 5) is 25.4. The Labute approximate surface area is 179 Å². The molecule has 0 heterocycles. The Bertz CT molecular complexity index is 989. The molecule has 1 atom stereocenters. The molecule has 29 heavy (non-hydrogen) atoms. The van der Waals surface area contributed by atoms with Gasteiger partial charge in [0, 0.05) is 10.5 Å². The van der Waals surface area contributed by atoms with Crippen molar-refractivity contribution in [1.82, 2.24) is 5.32 Å². The minimum atomic E-state index is -0.269. The highest BCUT2D eigenvalue weighted by Gasteiger charge is 2.16. The lowest BCUT2D eigenvalue weighted by Gasteiger charge is -2.16. The van der Waals surface area contributed by atoms with Gasteiger partial charge in [0.1, 0.15) is 0 Å². The second-order valence-corrected chi connectivity index (χ2v) is 7.73. The molecule has 0 saturated heterocycles. The molecule has 0 bridgehead atoms. The van der Waals surface area contributed by atoms with Gasteiger partial charge < -0.3 is 10.6 Å². The summed E-state index contributed by atoms with van der Waals surface area (Å²) >= 11 is 3.39. The van der Waals surface area contributed by atoms with Crippen LogP contribution in [0.1, 0.15) is 39.6 Å². The van der Waals surface area contributed by atoms with Crippen molar-refractivity contribution in [3.63, 3.8) is 0 Å². The van der Waals surface area contributed by atoms with E-state index >= 15 is 0 Å². The first-order valence-electron chi connectivity index (χ1n) is 9.54. The molecule has 0 aliphatic rings. The van der Waals surface area contributed by atoms with Gasteiger partial charge in [-0.25, -0.2) is 0 Å². The Kier molecular flexibility index (Phi) is 7.19. The number of benzene rings is 3. The Morgan fingerprint density at radius 3 is 2.17 bits per heavy atom. The van der Waals surface area contributed by atoms with Gasteiger partial charge in [-0.1, -0.05) is 54.6 Å². The highest BCUT2D eigenvalue weighted by Crippen LogP contribution is 2.20. The van der Waals surface area contributed by atoms with E-state index in [2.05, 4.69) is 38.7 Å². The molecule has 3 aromatic rings. The summed E-state index contributed by atoms with van der Waals surface area (Å²) in [6.45, 7) is 1.99. The Balaban J connectivity index is 1.65. The normalized spacial score (nSPS) is 11.5. The molecule has 0 aromatic heterocycles. The predicted octanol–water partition coefficient (Wildman–Crippen LogP) is 5.45. The van der Waals surface area contributed by atoms with Crippen LogP contribution in [-0.2, 0) is 6.42 Å². The number of hydrogen-bond acceptors (Lipinski definition) is 2. The lowest BCUT2D eigenvalue weighted by Crippen LogP contribution is -2.33. The van der Waals surface area contributed by atoms with Gasteiger partial charge in [0.2, 0.25) is 0 Å². The van der Waals surface area contributed by atoms with Crippen molar-refractivity contribution in [2.75, 3.05) is 5.32 Å². The number of amides is 2. The van der Waals surface area contributed by atoms with Gasteiger partial charge in [-0.2, -0.15) is 0 Å². The molecule has 0 aliphatic heterocycles. The number of anilines is 1. The topological polar surface area (TPSA) is 58.2 Å². The zero-order valence-electron chi connectivity index (χ0n) is 16.2. The summed E-state index contributed by atoms with van der Waals surface area (Å²) < 4.78 is 0.703. The molecular weight excluding hydrogens is 428 g/mol. The Morgan fingerprint density at radius 2 is 1.45 bits per heavy atom. The maximum atomic E-state index is 12.8. The first kappa shape index (κ1) is 20.8. The number of hydrogen-bond donors (Lipinski definition) is 2. The van der Waals surface area contributed by atoms with E-state index in [9.17, 15) is 9.59 Å². The van der Waals surface area contributed by atoms with Crippen LogP contribution in [-0.4, -0.2) is 17.9 Å². The van der Waals surface area contributed by atoms with Gasteiger partial charge in [-0.3, -0.25) is 9.59 Å². The van der Waals surface area contributed by atoms with E-state index < -0.39 is 0 Å². The van der Waals surface area contributed by atoms with Crippen LogP contribution in [0.3, 0.4) is 0 Å². The molecule has 3 rings (SSSR count). The molecule has 3 aromatic carbocycles. The van der Waals surface area contributed by atoms with Crippen LogP contribution in [0.15, 0.2) is 83.3 Å². The molecule has 0 saturated carbocycles. The van der Waals surface area contributed by atoms with Crippen molar-refractivity contribution in [2.45, 2.75) is 25.8 Å². The minimum Gasteiger partial charge on any atom is -0.350 e. The van der Waals surface area contributed by atoms with Crippen LogP contribution >= 0.6 is 15.9 Å². The van der Waals surface area contributed by atoms with E-state index in [1.54, 1.807) is 36.4 Å². The molecule has 1 unspecified atom stereocenters. The summed E-state index contributed by atoms with van der Waals surface area (Å²) in [6, 6.07) is 24.4. The van der Waals surface area contributed by atoms with Gasteiger partial charge in [0.05, 0.1) is 16.8 Å². The van der Waals surface area contributed by atoms with Crippen LogP contribution in [0.2, 0.25) is 0 Å². The van der Waals surface area contributed by atoms with Gasteiger partial charge >= 0.3 is 0 Å². The quantitative estimate of drug-likeness (QED) is 0.502. The van der Waals surface area contributed by atoms with Crippen molar-refractivity contribution >= 4 is 33.4 Å². The van der Waals surface area contributed by atoms with Gasteiger partial charge in [-0.05, 0) is 65.5 Å². The van der Waals surface area contributed by atoms with E-state index in [1.165, 1.54) is 5.56 Å². The summed E-state index contributed by atoms with van der Waals surface area (Å²) in [5.41, 5.74) is 2.69. The van der Waals surface area contributed by atoms with E-state index in [4.69, 9.17) is 0 Å². The molecule has 4 nitrogen and oxygen atoms in total. The number of halogens is 1. The molecule has 2 amide bonds. The fourth-order valence-corrected chi connectivity index (χ4v) is 3.49. The maximum Gasteiger partial charge on any atom is 0.256 e. The van der Waals surface area contributed by atoms with Crippen LogP contribution in [0.5, 0.6) is 0 Å².